The number of piperazine rings is 1. The van der Waals surface area contributed by atoms with Crippen LogP contribution in [0.4, 0.5) is 0 Å². The summed E-state index contributed by atoms with van der Waals surface area (Å²) in [6.07, 6.45) is 1.50. The fourth-order valence-corrected chi connectivity index (χ4v) is 2.14. The summed E-state index contributed by atoms with van der Waals surface area (Å²) in [6, 6.07) is 3.15. The van der Waals surface area contributed by atoms with Crippen LogP contribution in [-0.4, -0.2) is 64.5 Å². The maximum atomic E-state index is 12.2. The molecule has 0 unspecified atom stereocenters. The summed E-state index contributed by atoms with van der Waals surface area (Å²) in [7, 11) is 0. The second-order valence-electron chi connectivity index (χ2n) is 4.32. The minimum atomic E-state index is -0.851. The highest BCUT2D eigenvalue weighted by molar-refractivity contribution is 6.30. The number of carbonyl (C=O) groups is 2. The molecule has 0 atom stereocenters. The topological polar surface area (TPSA) is 73.7 Å². The van der Waals surface area contributed by atoms with Crippen molar-refractivity contribution in [3.63, 3.8) is 0 Å². The lowest BCUT2D eigenvalue weighted by molar-refractivity contribution is -0.138. The van der Waals surface area contributed by atoms with Gasteiger partial charge < -0.3 is 10.0 Å². The first-order valence-corrected chi connectivity index (χ1v) is 6.29. The van der Waals surface area contributed by atoms with Crippen molar-refractivity contribution in [2.75, 3.05) is 32.7 Å². The first-order chi connectivity index (χ1) is 9.06. The molecule has 6 nitrogen and oxygen atoms in total. The predicted molar refractivity (Wildman–Crippen MR) is 69.2 cm³/mol. The number of aromatic nitrogens is 1. The Kier molecular flexibility index (Phi) is 4.34. The first kappa shape index (κ1) is 13.8. The summed E-state index contributed by atoms with van der Waals surface area (Å²) in [5, 5.41) is 9.18. The molecule has 0 radical (unpaired) electrons. The lowest BCUT2D eigenvalue weighted by Gasteiger charge is -2.33. The molecule has 0 aromatic carbocycles. The lowest BCUT2D eigenvalue weighted by atomic mass is 10.2. The SMILES string of the molecule is O=C(O)CN1CCN(C(=O)c2cc(Cl)ccn2)CC1. The van der Waals surface area contributed by atoms with Gasteiger partial charge in [0, 0.05) is 37.4 Å². The predicted octanol–water partition coefficient (Wildman–Crippen LogP) is 0.577. The van der Waals surface area contributed by atoms with E-state index >= 15 is 0 Å². The van der Waals surface area contributed by atoms with E-state index in [4.69, 9.17) is 16.7 Å². The first-order valence-electron chi connectivity index (χ1n) is 5.91. The Balaban J connectivity index is 1.94. The summed E-state index contributed by atoms with van der Waals surface area (Å²) in [6.45, 7) is 2.12. The van der Waals surface area contributed by atoms with Crippen LogP contribution in [0, 0.1) is 0 Å². The Morgan fingerprint density at radius 3 is 2.58 bits per heavy atom. The van der Waals surface area contributed by atoms with Crippen molar-refractivity contribution in [3.8, 4) is 0 Å². The zero-order valence-electron chi connectivity index (χ0n) is 10.3. The summed E-state index contributed by atoms with van der Waals surface area (Å²) in [4.78, 5) is 30.2. The number of pyridine rings is 1. The molecule has 2 rings (SSSR count). The third kappa shape index (κ3) is 3.65. The molecule has 0 saturated carbocycles. The fourth-order valence-electron chi connectivity index (χ4n) is 1.98. The van der Waals surface area contributed by atoms with E-state index in [1.165, 1.54) is 12.3 Å². The molecule has 2 heterocycles. The molecule has 1 aliphatic heterocycles. The van der Waals surface area contributed by atoms with Gasteiger partial charge in [0.15, 0.2) is 0 Å². The number of rotatable bonds is 3. The molecule has 1 fully saturated rings. The third-order valence-electron chi connectivity index (χ3n) is 2.96. The maximum Gasteiger partial charge on any atom is 0.317 e. The van der Waals surface area contributed by atoms with Crippen molar-refractivity contribution in [2.24, 2.45) is 0 Å². The normalized spacial score (nSPS) is 16.4. The van der Waals surface area contributed by atoms with Gasteiger partial charge in [-0.25, -0.2) is 0 Å². The largest absolute Gasteiger partial charge is 0.480 e. The number of nitrogens with zero attached hydrogens (tertiary/aromatic N) is 3. The van der Waals surface area contributed by atoms with Gasteiger partial charge in [0.2, 0.25) is 0 Å². The van der Waals surface area contributed by atoms with Crippen LogP contribution in [0.2, 0.25) is 5.02 Å². The van der Waals surface area contributed by atoms with Gasteiger partial charge in [-0.05, 0) is 12.1 Å². The van der Waals surface area contributed by atoms with Crippen LogP contribution in [-0.2, 0) is 4.79 Å². The van der Waals surface area contributed by atoms with Crippen LogP contribution in [0.25, 0.3) is 0 Å². The number of hydrogen-bond acceptors (Lipinski definition) is 4. The Morgan fingerprint density at radius 2 is 2.00 bits per heavy atom. The molecular formula is C12H14ClN3O3. The summed E-state index contributed by atoms with van der Waals surface area (Å²) >= 11 is 5.82. The molecule has 1 N–H and O–H groups in total. The zero-order chi connectivity index (χ0) is 13.8. The Hall–Kier alpha value is -1.66. The molecule has 7 heteroatoms. The average molecular weight is 284 g/mol. The van der Waals surface area contributed by atoms with Crippen LogP contribution in [0.5, 0.6) is 0 Å². The molecule has 1 amide bonds. The molecule has 0 bridgehead atoms. The van der Waals surface area contributed by atoms with Crippen molar-refractivity contribution >= 4 is 23.5 Å². The van der Waals surface area contributed by atoms with E-state index in [9.17, 15) is 9.59 Å². The highest BCUT2D eigenvalue weighted by Crippen LogP contribution is 2.11. The highest BCUT2D eigenvalue weighted by Gasteiger charge is 2.23. The van der Waals surface area contributed by atoms with Gasteiger partial charge in [-0.15, -0.1) is 0 Å². The van der Waals surface area contributed by atoms with Gasteiger partial charge in [0.05, 0.1) is 6.54 Å². The molecular weight excluding hydrogens is 270 g/mol. The monoisotopic (exact) mass is 283 g/mol. The quantitative estimate of drug-likeness (QED) is 0.878. The standard InChI is InChI=1S/C12H14ClN3O3/c13-9-1-2-14-10(7-9)12(19)16-5-3-15(4-6-16)8-11(17)18/h1-2,7H,3-6,8H2,(H,17,18). The van der Waals surface area contributed by atoms with E-state index in [-0.39, 0.29) is 12.5 Å². The molecule has 1 saturated heterocycles. The van der Waals surface area contributed by atoms with Gasteiger partial charge in [0.1, 0.15) is 5.69 Å². The lowest BCUT2D eigenvalue weighted by Crippen LogP contribution is -2.50. The second-order valence-corrected chi connectivity index (χ2v) is 4.76. The van der Waals surface area contributed by atoms with Crippen LogP contribution < -0.4 is 0 Å². The van der Waals surface area contributed by atoms with Gasteiger partial charge in [0.25, 0.3) is 5.91 Å². The fraction of sp³-hybridized carbons (Fsp3) is 0.417. The van der Waals surface area contributed by atoms with E-state index in [2.05, 4.69) is 4.98 Å². The summed E-state index contributed by atoms with van der Waals surface area (Å²) in [5.74, 6) is -1.02. The molecule has 0 spiro atoms. The molecule has 1 aromatic rings. The van der Waals surface area contributed by atoms with E-state index in [0.717, 1.165) is 0 Å². The van der Waals surface area contributed by atoms with Crippen molar-refractivity contribution < 1.29 is 14.7 Å². The third-order valence-corrected chi connectivity index (χ3v) is 3.19. The van der Waals surface area contributed by atoms with E-state index < -0.39 is 5.97 Å². The van der Waals surface area contributed by atoms with Gasteiger partial charge in [-0.2, -0.15) is 0 Å². The number of amides is 1. The van der Waals surface area contributed by atoms with E-state index in [0.29, 0.717) is 36.9 Å². The minimum Gasteiger partial charge on any atom is -0.480 e. The molecule has 0 aliphatic carbocycles. The highest BCUT2D eigenvalue weighted by atomic mass is 35.5. The van der Waals surface area contributed by atoms with Gasteiger partial charge in [-0.3, -0.25) is 19.5 Å². The van der Waals surface area contributed by atoms with Crippen LogP contribution in [0.3, 0.4) is 0 Å². The van der Waals surface area contributed by atoms with Crippen LogP contribution in [0.15, 0.2) is 18.3 Å². The Morgan fingerprint density at radius 1 is 1.32 bits per heavy atom. The summed E-state index contributed by atoms with van der Waals surface area (Å²) < 4.78 is 0. The zero-order valence-corrected chi connectivity index (χ0v) is 11.0. The molecule has 19 heavy (non-hydrogen) atoms. The van der Waals surface area contributed by atoms with Gasteiger partial charge in [-0.1, -0.05) is 11.6 Å². The van der Waals surface area contributed by atoms with Gasteiger partial charge >= 0.3 is 5.97 Å². The molecule has 1 aromatic heterocycles. The minimum absolute atomic E-state index is 0.0114. The number of hydrogen-bond donors (Lipinski definition) is 1. The molecule has 102 valence electrons. The van der Waals surface area contributed by atoms with Crippen molar-refractivity contribution in [1.29, 1.82) is 0 Å². The smallest absolute Gasteiger partial charge is 0.317 e. The number of halogens is 1. The summed E-state index contributed by atoms with van der Waals surface area (Å²) in [5.41, 5.74) is 0.319. The van der Waals surface area contributed by atoms with Crippen LogP contribution in [0.1, 0.15) is 10.5 Å². The Labute approximate surface area is 115 Å². The number of carboxylic acids is 1. The number of aliphatic carboxylic acids is 1. The van der Waals surface area contributed by atoms with Crippen molar-refractivity contribution in [1.82, 2.24) is 14.8 Å². The average Bonchev–Trinajstić information content (AvgIpc) is 2.38. The van der Waals surface area contributed by atoms with E-state index in [1.807, 2.05) is 0 Å². The van der Waals surface area contributed by atoms with Crippen molar-refractivity contribution in [3.05, 3.63) is 29.0 Å². The Bertz CT molecular complexity index is 487. The van der Waals surface area contributed by atoms with E-state index in [1.54, 1.807) is 15.9 Å². The maximum absolute atomic E-state index is 12.2. The molecule has 1 aliphatic rings. The number of carboxylic acid groups (broad SMARTS) is 1. The number of carbonyl (C=O) groups excluding carboxylic acids is 1. The van der Waals surface area contributed by atoms with Crippen LogP contribution >= 0.6 is 11.6 Å². The van der Waals surface area contributed by atoms with Crippen molar-refractivity contribution in [2.45, 2.75) is 0 Å². The second kappa shape index (κ2) is 5.99.